The zero-order valence-electron chi connectivity index (χ0n) is 13.1. The maximum absolute atomic E-state index is 11.9. The molecular formula is C18H22ClNO3. The van der Waals surface area contributed by atoms with Gasteiger partial charge < -0.3 is 10.1 Å². The molecule has 0 saturated heterocycles. The summed E-state index contributed by atoms with van der Waals surface area (Å²) in [6.45, 7) is 0.202. The second kappa shape index (κ2) is 7.35. The van der Waals surface area contributed by atoms with Crippen LogP contribution in [0.15, 0.2) is 24.3 Å². The van der Waals surface area contributed by atoms with Crippen molar-refractivity contribution in [2.75, 3.05) is 6.61 Å². The summed E-state index contributed by atoms with van der Waals surface area (Å²) in [4.78, 5) is 23.6. The van der Waals surface area contributed by atoms with Crippen LogP contribution in [0.1, 0.15) is 37.7 Å². The van der Waals surface area contributed by atoms with E-state index in [9.17, 15) is 9.59 Å². The molecule has 2 aliphatic rings. The van der Waals surface area contributed by atoms with E-state index in [1.165, 1.54) is 19.3 Å². The fraction of sp³-hybridized carbons (Fsp3) is 0.556. The van der Waals surface area contributed by atoms with Gasteiger partial charge in [-0.25, -0.2) is 0 Å². The quantitative estimate of drug-likeness (QED) is 0.811. The van der Waals surface area contributed by atoms with Gasteiger partial charge >= 0.3 is 5.97 Å². The zero-order valence-corrected chi connectivity index (χ0v) is 13.8. The van der Waals surface area contributed by atoms with E-state index in [-0.39, 0.29) is 18.5 Å². The van der Waals surface area contributed by atoms with E-state index >= 15 is 0 Å². The van der Waals surface area contributed by atoms with Crippen LogP contribution in [0.2, 0.25) is 5.02 Å². The van der Waals surface area contributed by atoms with Gasteiger partial charge in [-0.1, -0.05) is 30.2 Å². The number of hydrogen-bond acceptors (Lipinski definition) is 3. The van der Waals surface area contributed by atoms with Crippen LogP contribution >= 0.6 is 11.6 Å². The molecule has 124 valence electrons. The summed E-state index contributed by atoms with van der Waals surface area (Å²) in [6, 6.07) is 7.25. The Kier molecular flexibility index (Phi) is 5.21. The Morgan fingerprint density at radius 2 is 1.96 bits per heavy atom. The second-order valence-electron chi connectivity index (χ2n) is 6.70. The molecule has 1 N–H and O–H groups in total. The summed E-state index contributed by atoms with van der Waals surface area (Å²) in [7, 11) is 0. The summed E-state index contributed by atoms with van der Waals surface area (Å²) in [5, 5.41) is 3.40. The van der Waals surface area contributed by atoms with Gasteiger partial charge in [0, 0.05) is 18.0 Å². The molecule has 0 radical (unpaired) electrons. The molecule has 3 atom stereocenters. The normalized spacial score (nSPS) is 25.3. The van der Waals surface area contributed by atoms with Crippen molar-refractivity contribution in [3.05, 3.63) is 34.9 Å². The van der Waals surface area contributed by atoms with Gasteiger partial charge in [-0.3, -0.25) is 9.59 Å². The van der Waals surface area contributed by atoms with Crippen LogP contribution in [0.3, 0.4) is 0 Å². The van der Waals surface area contributed by atoms with Crippen LogP contribution in [0.25, 0.3) is 0 Å². The molecule has 2 fully saturated rings. The Labute approximate surface area is 141 Å². The number of amides is 1. The Balaban J connectivity index is 1.34. The van der Waals surface area contributed by atoms with E-state index in [2.05, 4.69) is 5.32 Å². The minimum Gasteiger partial charge on any atom is -0.456 e. The van der Waals surface area contributed by atoms with Gasteiger partial charge in [0.1, 0.15) is 0 Å². The van der Waals surface area contributed by atoms with Crippen molar-refractivity contribution in [2.45, 2.75) is 38.6 Å². The molecule has 0 aromatic heterocycles. The Morgan fingerprint density at radius 3 is 2.61 bits per heavy atom. The van der Waals surface area contributed by atoms with Crippen molar-refractivity contribution in [3.63, 3.8) is 0 Å². The maximum atomic E-state index is 11.9. The van der Waals surface area contributed by atoms with E-state index in [4.69, 9.17) is 16.3 Å². The number of carbonyl (C=O) groups excluding carboxylic acids is 2. The molecule has 1 amide bonds. The van der Waals surface area contributed by atoms with Crippen molar-refractivity contribution in [2.24, 2.45) is 17.8 Å². The largest absolute Gasteiger partial charge is 0.456 e. The summed E-state index contributed by atoms with van der Waals surface area (Å²) in [5.41, 5.74) is 0.955. The average Bonchev–Trinajstić information content (AvgIpc) is 3.15. The smallest absolute Gasteiger partial charge is 0.306 e. The van der Waals surface area contributed by atoms with Gasteiger partial charge in [-0.2, -0.15) is 0 Å². The Hall–Kier alpha value is -1.55. The summed E-state index contributed by atoms with van der Waals surface area (Å²) in [6.07, 6.45) is 5.47. The Bertz CT molecular complexity index is 572. The number of carbonyl (C=O) groups is 2. The van der Waals surface area contributed by atoms with Gasteiger partial charge in [0.15, 0.2) is 6.61 Å². The predicted octanol–water partition coefficient (Wildman–Crippen LogP) is 3.33. The number of esters is 1. The van der Waals surface area contributed by atoms with Gasteiger partial charge in [-0.15, -0.1) is 0 Å². The highest BCUT2D eigenvalue weighted by Crippen LogP contribution is 2.49. The van der Waals surface area contributed by atoms with Crippen LogP contribution < -0.4 is 5.32 Å². The van der Waals surface area contributed by atoms with Crippen molar-refractivity contribution >= 4 is 23.5 Å². The minimum atomic E-state index is -0.277. The topological polar surface area (TPSA) is 55.4 Å². The number of fused-ring (bicyclic) bond motifs is 2. The molecular weight excluding hydrogens is 314 g/mol. The molecule has 2 saturated carbocycles. The fourth-order valence-electron chi connectivity index (χ4n) is 3.90. The molecule has 5 heteroatoms. The lowest BCUT2D eigenvalue weighted by Crippen LogP contribution is -2.29. The highest BCUT2D eigenvalue weighted by molar-refractivity contribution is 6.30. The van der Waals surface area contributed by atoms with E-state index < -0.39 is 0 Å². The maximum Gasteiger partial charge on any atom is 0.306 e. The number of ether oxygens (including phenoxy) is 1. The molecule has 2 bridgehead atoms. The van der Waals surface area contributed by atoms with Gasteiger partial charge in [0.05, 0.1) is 0 Å². The Morgan fingerprint density at radius 1 is 1.17 bits per heavy atom. The first-order valence-corrected chi connectivity index (χ1v) is 8.64. The molecule has 2 aliphatic carbocycles. The van der Waals surface area contributed by atoms with Crippen LogP contribution in [-0.2, 0) is 20.9 Å². The molecule has 23 heavy (non-hydrogen) atoms. The lowest BCUT2D eigenvalue weighted by molar-refractivity contribution is -0.149. The van der Waals surface area contributed by atoms with E-state index in [1.807, 2.05) is 12.1 Å². The predicted molar refractivity (Wildman–Crippen MR) is 87.8 cm³/mol. The van der Waals surface area contributed by atoms with Gasteiger partial charge in [0.25, 0.3) is 5.91 Å². The molecule has 0 heterocycles. The summed E-state index contributed by atoms with van der Waals surface area (Å²) >= 11 is 5.81. The standard InChI is InChI=1S/C18H22ClNO3/c19-16-5-2-12(3-6-16)10-20-17(21)11-23-18(22)9-15-8-13-1-4-14(15)7-13/h2-3,5-6,13-15H,1,4,7-11H2,(H,20,21)/t13-,14-,15+/m1/s1. The minimum absolute atomic E-state index is 0.201. The first-order valence-electron chi connectivity index (χ1n) is 8.27. The highest BCUT2D eigenvalue weighted by Gasteiger charge is 2.40. The molecule has 1 aromatic carbocycles. The molecule has 0 spiro atoms. The van der Waals surface area contributed by atoms with Gasteiger partial charge in [-0.05, 0) is 54.7 Å². The summed E-state index contributed by atoms with van der Waals surface area (Å²) in [5.74, 6) is 1.47. The lowest BCUT2D eigenvalue weighted by atomic mass is 9.86. The van der Waals surface area contributed by atoms with E-state index in [0.29, 0.717) is 29.8 Å². The van der Waals surface area contributed by atoms with Crippen molar-refractivity contribution in [1.82, 2.24) is 5.32 Å². The lowest BCUT2D eigenvalue weighted by Gasteiger charge is -2.20. The van der Waals surface area contributed by atoms with Crippen LogP contribution in [0, 0.1) is 17.8 Å². The third kappa shape index (κ3) is 4.47. The third-order valence-electron chi connectivity index (χ3n) is 5.08. The van der Waals surface area contributed by atoms with Crippen molar-refractivity contribution < 1.29 is 14.3 Å². The van der Waals surface area contributed by atoms with Crippen molar-refractivity contribution in [3.8, 4) is 0 Å². The first-order chi connectivity index (χ1) is 11.1. The summed E-state index contributed by atoms with van der Waals surface area (Å²) < 4.78 is 5.11. The molecule has 1 aromatic rings. The second-order valence-corrected chi connectivity index (χ2v) is 7.14. The van der Waals surface area contributed by atoms with Crippen LogP contribution in [-0.4, -0.2) is 18.5 Å². The number of nitrogens with one attached hydrogen (secondary N) is 1. The number of rotatable bonds is 6. The van der Waals surface area contributed by atoms with Crippen molar-refractivity contribution in [1.29, 1.82) is 0 Å². The zero-order chi connectivity index (χ0) is 16.2. The average molecular weight is 336 g/mol. The van der Waals surface area contributed by atoms with E-state index in [0.717, 1.165) is 17.9 Å². The molecule has 4 nitrogen and oxygen atoms in total. The number of hydrogen-bond donors (Lipinski definition) is 1. The van der Waals surface area contributed by atoms with Gasteiger partial charge in [0.2, 0.25) is 0 Å². The fourth-order valence-corrected chi connectivity index (χ4v) is 4.03. The number of halogens is 1. The molecule has 0 aliphatic heterocycles. The number of benzene rings is 1. The highest BCUT2D eigenvalue weighted by atomic mass is 35.5. The van der Waals surface area contributed by atoms with Crippen LogP contribution in [0.4, 0.5) is 0 Å². The van der Waals surface area contributed by atoms with Crippen LogP contribution in [0.5, 0.6) is 0 Å². The third-order valence-corrected chi connectivity index (χ3v) is 5.33. The molecule has 3 rings (SSSR count). The molecule has 0 unspecified atom stereocenters. The van der Waals surface area contributed by atoms with E-state index in [1.54, 1.807) is 12.1 Å². The monoisotopic (exact) mass is 335 g/mol. The SMILES string of the molecule is O=C(COC(=O)C[C@@H]1C[C@@H]2CC[C@@H]1C2)NCc1ccc(Cl)cc1. The first kappa shape index (κ1) is 16.3.